The first-order valence-electron chi connectivity index (χ1n) is 13.2. The van der Waals surface area contributed by atoms with Crippen molar-refractivity contribution < 1.29 is 10.2 Å². The van der Waals surface area contributed by atoms with E-state index in [0.29, 0.717) is 31.9 Å². The van der Waals surface area contributed by atoms with E-state index in [9.17, 15) is 15.6 Å². The molecule has 1 fully saturated rings. The second-order valence-corrected chi connectivity index (χ2v) is 10.0. The molecule has 1 heterocycles. The molecule has 194 valence electrons. The predicted octanol–water partition coefficient (Wildman–Crippen LogP) is 4.88. The third-order valence-corrected chi connectivity index (χ3v) is 7.45. The van der Waals surface area contributed by atoms with Gasteiger partial charge in [-0.05, 0) is 35.1 Å². The van der Waals surface area contributed by atoms with Gasteiger partial charge in [0.05, 0.1) is 12.1 Å². The highest BCUT2D eigenvalue weighted by Gasteiger charge is 2.44. The van der Waals surface area contributed by atoms with Crippen molar-refractivity contribution in [3.63, 3.8) is 0 Å². The zero-order valence-electron chi connectivity index (χ0n) is 21.5. The molecule has 0 radical (unpaired) electrons. The van der Waals surface area contributed by atoms with Crippen LogP contribution in [0.5, 0.6) is 0 Å². The van der Waals surface area contributed by atoms with Crippen LogP contribution in [-0.2, 0) is 25.9 Å². The minimum Gasteiger partial charge on any atom is -0.388 e. The Morgan fingerprint density at radius 3 is 1.08 bits per heavy atom. The van der Waals surface area contributed by atoms with Gasteiger partial charge in [-0.2, -0.15) is 0 Å². The molecule has 3 N–H and O–H groups in total. The van der Waals surface area contributed by atoms with Gasteiger partial charge in [-0.1, -0.05) is 121 Å². The molecule has 4 aromatic carbocycles. The van der Waals surface area contributed by atoms with Crippen LogP contribution in [0.25, 0.3) is 0 Å². The molecule has 1 aliphatic rings. The van der Waals surface area contributed by atoms with Gasteiger partial charge in [0.1, 0.15) is 12.2 Å². The third-order valence-electron chi connectivity index (χ3n) is 7.45. The summed E-state index contributed by atoms with van der Waals surface area (Å²) in [4.78, 5) is 3.95. The molecule has 0 unspecified atom stereocenters. The monoisotopic (exact) mass is 505 g/mol. The number of hydrogen-bond donors (Lipinski definition) is 3. The van der Waals surface area contributed by atoms with Crippen molar-refractivity contribution in [3.05, 3.63) is 144 Å². The van der Waals surface area contributed by atoms with Crippen molar-refractivity contribution >= 4 is 5.96 Å². The van der Waals surface area contributed by atoms with Crippen molar-refractivity contribution in [2.75, 3.05) is 0 Å². The van der Waals surface area contributed by atoms with Gasteiger partial charge >= 0.3 is 0 Å². The van der Waals surface area contributed by atoms with Gasteiger partial charge in [0.15, 0.2) is 5.96 Å². The Hall–Kier alpha value is -3.93. The quantitative estimate of drug-likeness (QED) is 0.319. The molecular weight excluding hydrogens is 470 g/mol. The molecule has 0 amide bonds. The molecule has 4 aromatic rings. The van der Waals surface area contributed by atoms with E-state index in [1.165, 1.54) is 0 Å². The Balaban J connectivity index is 1.57. The van der Waals surface area contributed by atoms with Crippen LogP contribution in [0, 0.1) is 5.41 Å². The van der Waals surface area contributed by atoms with E-state index < -0.39 is 24.3 Å². The topological polar surface area (TPSA) is 70.8 Å². The smallest absolute Gasteiger partial charge is 0.195 e. The van der Waals surface area contributed by atoms with Gasteiger partial charge < -0.3 is 20.0 Å². The fraction of sp³-hybridized carbons (Fsp3) is 0.242. The summed E-state index contributed by atoms with van der Waals surface area (Å²) in [6.45, 7) is 0.925. The van der Waals surface area contributed by atoms with E-state index in [0.717, 1.165) is 22.3 Å². The molecule has 1 aliphatic heterocycles. The number of rotatable bonds is 8. The summed E-state index contributed by atoms with van der Waals surface area (Å²) >= 11 is 0. The summed E-state index contributed by atoms with van der Waals surface area (Å²) in [7, 11) is 0. The zero-order valence-corrected chi connectivity index (χ0v) is 21.5. The minimum absolute atomic E-state index is 0.315. The first kappa shape index (κ1) is 25.7. The number of hydrogen-bond acceptors (Lipinski definition) is 3. The van der Waals surface area contributed by atoms with Crippen LogP contribution >= 0.6 is 0 Å². The number of guanidine groups is 1. The van der Waals surface area contributed by atoms with E-state index in [1.807, 2.05) is 131 Å². The Labute approximate surface area is 225 Å². The Bertz CT molecular complexity index is 1180. The zero-order chi connectivity index (χ0) is 26.3. The summed E-state index contributed by atoms with van der Waals surface area (Å²) < 4.78 is 0. The Morgan fingerprint density at radius 1 is 0.474 bits per heavy atom. The number of benzene rings is 4. The molecular formula is C33H35N3O2. The average Bonchev–Trinajstić information content (AvgIpc) is 3.03. The van der Waals surface area contributed by atoms with Gasteiger partial charge in [0, 0.05) is 13.1 Å². The van der Waals surface area contributed by atoms with Gasteiger partial charge in [-0.25, -0.2) is 0 Å². The van der Waals surface area contributed by atoms with Crippen LogP contribution in [0.4, 0.5) is 0 Å². The average molecular weight is 506 g/mol. The predicted molar refractivity (Wildman–Crippen MR) is 152 cm³/mol. The SMILES string of the molecule is N=C1N(Cc2ccccc2)[C@H](Cc2ccccc2)[C@H](O)[C@@H](O)[C@@H](Cc2ccccc2)N1Cc1ccccc1. The fourth-order valence-electron chi connectivity index (χ4n) is 5.42. The molecule has 0 spiro atoms. The van der Waals surface area contributed by atoms with Crippen molar-refractivity contribution in [1.82, 2.24) is 9.80 Å². The maximum atomic E-state index is 11.8. The Kier molecular flexibility index (Phi) is 8.17. The Morgan fingerprint density at radius 2 is 0.763 bits per heavy atom. The second-order valence-electron chi connectivity index (χ2n) is 10.0. The fourth-order valence-corrected chi connectivity index (χ4v) is 5.42. The van der Waals surface area contributed by atoms with Crippen LogP contribution in [0.1, 0.15) is 22.3 Å². The first-order valence-corrected chi connectivity index (χ1v) is 13.2. The van der Waals surface area contributed by atoms with Gasteiger partial charge in [-0.3, -0.25) is 5.41 Å². The van der Waals surface area contributed by atoms with Crippen LogP contribution in [-0.4, -0.2) is 50.3 Å². The maximum absolute atomic E-state index is 11.8. The number of aliphatic hydroxyl groups is 2. The molecule has 0 aromatic heterocycles. The molecule has 5 heteroatoms. The van der Waals surface area contributed by atoms with E-state index in [2.05, 4.69) is 0 Å². The number of nitrogens with one attached hydrogen (secondary N) is 1. The lowest BCUT2D eigenvalue weighted by Crippen LogP contribution is -2.50. The minimum atomic E-state index is -1.05. The summed E-state index contributed by atoms with van der Waals surface area (Å²) in [5.74, 6) is 0.315. The van der Waals surface area contributed by atoms with Crippen LogP contribution < -0.4 is 0 Å². The van der Waals surface area contributed by atoms with Gasteiger partial charge in [0.2, 0.25) is 0 Å². The molecule has 5 nitrogen and oxygen atoms in total. The molecule has 38 heavy (non-hydrogen) atoms. The molecule has 0 bridgehead atoms. The highest BCUT2D eigenvalue weighted by molar-refractivity contribution is 5.78. The first-order chi connectivity index (χ1) is 18.6. The number of aliphatic hydroxyl groups excluding tert-OH is 2. The van der Waals surface area contributed by atoms with E-state index in [1.54, 1.807) is 0 Å². The lowest BCUT2D eigenvalue weighted by Gasteiger charge is -2.38. The van der Waals surface area contributed by atoms with Gasteiger partial charge in [0.25, 0.3) is 0 Å². The second kappa shape index (κ2) is 12.1. The number of nitrogens with zero attached hydrogens (tertiary/aromatic N) is 2. The molecule has 4 atom stereocenters. The maximum Gasteiger partial charge on any atom is 0.195 e. The molecule has 0 aliphatic carbocycles. The highest BCUT2D eigenvalue weighted by Crippen LogP contribution is 2.29. The van der Waals surface area contributed by atoms with Crippen molar-refractivity contribution in [2.45, 2.75) is 50.2 Å². The van der Waals surface area contributed by atoms with Crippen LogP contribution in [0.2, 0.25) is 0 Å². The molecule has 0 saturated carbocycles. The van der Waals surface area contributed by atoms with Crippen molar-refractivity contribution in [2.24, 2.45) is 0 Å². The lowest BCUT2D eigenvalue weighted by molar-refractivity contribution is -0.0408. The summed E-state index contributed by atoms with van der Waals surface area (Å²) in [5.41, 5.74) is 4.23. The standard InChI is InChI=1S/C33H35N3O2/c34-33-35(23-27-17-9-3-10-18-27)29(21-25-13-5-1-6-14-25)31(37)32(38)30(22-26-15-7-2-8-16-26)36(33)24-28-19-11-4-12-20-28/h1-20,29-32,34,37-38H,21-24H2/t29-,30-,31+,32+/m1/s1. The van der Waals surface area contributed by atoms with Gasteiger partial charge in [-0.15, -0.1) is 0 Å². The van der Waals surface area contributed by atoms with E-state index in [-0.39, 0.29) is 0 Å². The highest BCUT2D eigenvalue weighted by atomic mass is 16.3. The van der Waals surface area contributed by atoms with Crippen LogP contribution in [0.15, 0.2) is 121 Å². The normalized spacial score (nSPS) is 21.8. The molecule has 5 rings (SSSR count). The largest absolute Gasteiger partial charge is 0.388 e. The van der Waals surface area contributed by atoms with Crippen molar-refractivity contribution in [1.29, 1.82) is 5.41 Å². The van der Waals surface area contributed by atoms with E-state index >= 15 is 0 Å². The summed E-state index contributed by atoms with van der Waals surface area (Å²) in [5, 5.41) is 33.1. The summed E-state index contributed by atoms with van der Waals surface area (Å²) in [6, 6.07) is 39.2. The lowest BCUT2D eigenvalue weighted by atomic mass is 9.91. The molecule has 1 saturated heterocycles. The van der Waals surface area contributed by atoms with Crippen molar-refractivity contribution in [3.8, 4) is 0 Å². The van der Waals surface area contributed by atoms with E-state index in [4.69, 9.17) is 0 Å². The van der Waals surface area contributed by atoms with Crippen LogP contribution in [0.3, 0.4) is 0 Å². The summed E-state index contributed by atoms with van der Waals surface area (Å²) in [6.07, 6.45) is -1.06. The third kappa shape index (κ3) is 5.96.